The van der Waals surface area contributed by atoms with E-state index in [-0.39, 0.29) is 0 Å². The first kappa shape index (κ1) is 13.0. The molecule has 0 heterocycles. The molecule has 1 aromatic rings. The molecule has 1 saturated carbocycles. The molecule has 0 unspecified atom stereocenters. The number of nitrogens with one attached hydrogen (secondary N) is 1. The monoisotopic (exact) mass is 286 g/mol. The summed E-state index contributed by atoms with van der Waals surface area (Å²) in [6.45, 7) is 0.935. The lowest BCUT2D eigenvalue weighted by Gasteiger charge is -2.16. The van der Waals surface area contributed by atoms with Crippen LogP contribution in [0.3, 0.4) is 0 Å². The second kappa shape index (κ2) is 5.04. The molecule has 3 N–H and O–H groups in total. The maximum atomic E-state index is 5.99. The van der Waals surface area contributed by atoms with Crippen molar-refractivity contribution < 1.29 is 0 Å². The SMILES string of the molecule is CSC1(CNc2cc(Cl)ccc2C(N)=S)CC1. The van der Waals surface area contributed by atoms with Gasteiger partial charge in [0.25, 0.3) is 0 Å². The highest BCUT2D eigenvalue weighted by molar-refractivity contribution is 8.00. The molecule has 92 valence electrons. The number of thiocarbonyl (C=S) groups is 1. The summed E-state index contributed by atoms with van der Waals surface area (Å²) in [5.74, 6) is 0. The number of nitrogens with two attached hydrogens (primary N) is 1. The lowest BCUT2D eigenvalue weighted by Crippen LogP contribution is -2.20. The van der Waals surface area contributed by atoms with Crippen LogP contribution in [0.25, 0.3) is 0 Å². The van der Waals surface area contributed by atoms with Crippen LogP contribution in [0.5, 0.6) is 0 Å². The molecule has 5 heteroatoms. The lowest BCUT2D eigenvalue weighted by atomic mass is 10.1. The average molecular weight is 287 g/mol. The topological polar surface area (TPSA) is 38.0 Å². The summed E-state index contributed by atoms with van der Waals surface area (Å²) in [5, 5.41) is 4.11. The Kier molecular flexibility index (Phi) is 3.85. The minimum atomic E-state index is 0.399. The van der Waals surface area contributed by atoms with Crippen LogP contribution in [0.2, 0.25) is 5.02 Å². The fourth-order valence-corrected chi connectivity index (χ4v) is 2.80. The Balaban J connectivity index is 2.13. The first-order chi connectivity index (χ1) is 8.06. The van der Waals surface area contributed by atoms with Crippen LogP contribution < -0.4 is 11.1 Å². The van der Waals surface area contributed by atoms with Crippen LogP contribution in [0.15, 0.2) is 18.2 Å². The molecule has 17 heavy (non-hydrogen) atoms. The third kappa shape index (κ3) is 3.06. The normalized spacial score (nSPS) is 16.6. The van der Waals surface area contributed by atoms with Crippen molar-refractivity contribution in [3.05, 3.63) is 28.8 Å². The number of benzene rings is 1. The fraction of sp³-hybridized carbons (Fsp3) is 0.417. The highest BCUT2D eigenvalue weighted by Gasteiger charge is 2.41. The summed E-state index contributed by atoms with van der Waals surface area (Å²) in [4.78, 5) is 0.401. The van der Waals surface area contributed by atoms with Crippen molar-refractivity contribution >= 4 is 46.3 Å². The molecule has 1 aliphatic carbocycles. The smallest absolute Gasteiger partial charge is 0.106 e. The van der Waals surface area contributed by atoms with Gasteiger partial charge in [-0.1, -0.05) is 23.8 Å². The molecule has 1 aliphatic rings. The van der Waals surface area contributed by atoms with Gasteiger partial charge in [0.2, 0.25) is 0 Å². The van der Waals surface area contributed by atoms with Crippen LogP contribution >= 0.6 is 35.6 Å². The zero-order chi connectivity index (χ0) is 12.5. The molecule has 0 saturated heterocycles. The van der Waals surface area contributed by atoms with Crippen LogP contribution in [0.4, 0.5) is 5.69 Å². The zero-order valence-electron chi connectivity index (χ0n) is 9.63. The number of hydrogen-bond donors (Lipinski definition) is 2. The molecule has 0 aliphatic heterocycles. The van der Waals surface area contributed by atoms with Gasteiger partial charge in [-0.2, -0.15) is 11.8 Å². The Labute approximate surface area is 116 Å². The van der Waals surface area contributed by atoms with Gasteiger partial charge in [0.1, 0.15) is 4.99 Å². The first-order valence-corrected chi connectivity index (χ1v) is 7.46. The predicted molar refractivity (Wildman–Crippen MR) is 81.3 cm³/mol. The van der Waals surface area contributed by atoms with Gasteiger partial charge in [0.05, 0.1) is 0 Å². The summed E-state index contributed by atoms with van der Waals surface area (Å²) in [5.41, 5.74) is 7.49. The maximum Gasteiger partial charge on any atom is 0.106 e. The van der Waals surface area contributed by atoms with Gasteiger partial charge in [-0.05, 0) is 37.3 Å². The number of thioether (sulfide) groups is 1. The quantitative estimate of drug-likeness (QED) is 0.815. The Morgan fingerprint density at radius 3 is 2.82 bits per heavy atom. The number of hydrogen-bond acceptors (Lipinski definition) is 3. The Morgan fingerprint density at radius 1 is 1.59 bits per heavy atom. The summed E-state index contributed by atoms with van der Waals surface area (Å²) in [7, 11) is 0. The predicted octanol–water partition coefficient (Wildman–Crippen LogP) is 3.28. The second-order valence-corrected chi connectivity index (χ2v) is 6.45. The van der Waals surface area contributed by atoms with E-state index in [1.807, 2.05) is 30.0 Å². The van der Waals surface area contributed by atoms with E-state index in [9.17, 15) is 0 Å². The van der Waals surface area contributed by atoms with E-state index < -0.39 is 0 Å². The van der Waals surface area contributed by atoms with Crippen molar-refractivity contribution in [2.75, 3.05) is 18.1 Å². The van der Waals surface area contributed by atoms with Gasteiger partial charge in [0, 0.05) is 27.6 Å². The van der Waals surface area contributed by atoms with E-state index in [0.717, 1.165) is 17.8 Å². The Bertz CT molecular complexity index is 444. The van der Waals surface area contributed by atoms with Gasteiger partial charge in [0.15, 0.2) is 0 Å². The highest BCUT2D eigenvalue weighted by Crippen LogP contribution is 2.47. The van der Waals surface area contributed by atoms with Crippen molar-refractivity contribution in [1.29, 1.82) is 0 Å². The highest BCUT2D eigenvalue weighted by atomic mass is 35.5. The van der Waals surface area contributed by atoms with Crippen molar-refractivity contribution in [1.82, 2.24) is 0 Å². The Morgan fingerprint density at radius 2 is 2.29 bits per heavy atom. The zero-order valence-corrected chi connectivity index (χ0v) is 12.0. The van der Waals surface area contributed by atoms with Gasteiger partial charge < -0.3 is 11.1 Å². The molecule has 0 atom stereocenters. The molecule has 1 fully saturated rings. The van der Waals surface area contributed by atoms with Crippen molar-refractivity contribution in [3.63, 3.8) is 0 Å². The van der Waals surface area contributed by atoms with Gasteiger partial charge in [-0.25, -0.2) is 0 Å². The van der Waals surface area contributed by atoms with Gasteiger partial charge in [-0.3, -0.25) is 0 Å². The van der Waals surface area contributed by atoms with E-state index in [2.05, 4.69) is 11.6 Å². The van der Waals surface area contributed by atoms with E-state index in [1.165, 1.54) is 12.8 Å². The molecule has 2 rings (SSSR count). The molecular formula is C12H15ClN2S2. The van der Waals surface area contributed by atoms with Crippen LogP contribution in [-0.4, -0.2) is 22.5 Å². The third-order valence-electron chi connectivity index (χ3n) is 3.09. The second-order valence-electron chi connectivity index (χ2n) is 4.29. The summed E-state index contributed by atoms with van der Waals surface area (Å²) in [6.07, 6.45) is 4.69. The minimum Gasteiger partial charge on any atom is -0.389 e. The van der Waals surface area contributed by atoms with Gasteiger partial charge >= 0.3 is 0 Å². The molecular weight excluding hydrogens is 272 g/mol. The lowest BCUT2D eigenvalue weighted by molar-refractivity contribution is 0.949. The average Bonchev–Trinajstić information content (AvgIpc) is 3.07. The van der Waals surface area contributed by atoms with E-state index in [0.29, 0.717) is 14.8 Å². The summed E-state index contributed by atoms with van der Waals surface area (Å²) in [6, 6.07) is 5.56. The molecule has 2 nitrogen and oxygen atoms in total. The molecule has 0 spiro atoms. The van der Waals surface area contributed by atoms with Crippen molar-refractivity contribution in [3.8, 4) is 0 Å². The number of rotatable bonds is 5. The molecule has 1 aromatic carbocycles. The minimum absolute atomic E-state index is 0.399. The van der Waals surface area contributed by atoms with E-state index in [4.69, 9.17) is 29.6 Å². The van der Waals surface area contributed by atoms with Gasteiger partial charge in [-0.15, -0.1) is 0 Å². The third-order valence-corrected chi connectivity index (χ3v) is 4.96. The fourth-order valence-electron chi connectivity index (χ4n) is 1.73. The summed E-state index contributed by atoms with van der Waals surface area (Å²) < 4.78 is 0.399. The largest absolute Gasteiger partial charge is 0.389 e. The van der Waals surface area contributed by atoms with Crippen LogP contribution in [0.1, 0.15) is 18.4 Å². The molecule has 0 amide bonds. The van der Waals surface area contributed by atoms with Crippen LogP contribution in [-0.2, 0) is 0 Å². The maximum absolute atomic E-state index is 5.99. The standard InChI is InChI=1S/C12H15ClN2S2/c1-17-12(4-5-12)7-15-10-6-8(13)2-3-9(10)11(14)16/h2-3,6,15H,4-5,7H2,1H3,(H2,14,16). The van der Waals surface area contributed by atoms with Crippen LogP contribution in [0, 0.1) is 0 Å². The Hall–Kier alpha value is -0.450. The molecule has 0 radical (unpaired) electrons. The number of halogens is 1. The molecule has 0 aromatic heterocycles. The van der Waals surface area contributed by atoms with E-state index in [1.54, 1.807) is 0 Å². The van der Waals surface area contributed by atoms with Crippen molar-refractivity contribution in [2.24, 2.45) is 5.73 Å². The van der Waals surface area contributed by atoms with Crippen molar-refractivity contribution in [2.45, 2.75) is 17.6 Å². The van der Waals surface area contributed by atoms with E-state index >= 15 is 0 Å². The number of anilines is 1. The molecule has 0 bridgehead atoms. The first-order valence-electron chi connectivity index (χ1n) is 5.45. The summed E-state index contributed by atoms with van der Waals surface area (Å²) >= 11 is 12.9.